The second-order valence-corrected chi connectivity index (χ2v) is 36.4. The van der Waals surface area contributed by atoms with Gasteiger partial charge in [-0.25, -0.2) is 0 Å². The fourth-order valence-corrected chi connectivity index (χ4v) is 18.1. The largest absolute Gasteiger partial charge is 0.508 e. The first-order chi connectivity index (χ1) is 64.0. The van der Waals surface area contributed by atoms with Crippen LogP contribution < -0.4 is 53.6 Å². The third kappa shape index (κ3) is 28.0. The molecule has 36 heteroatoms. The number of nitrogens with one attached hydrogen (secondary N) is 10. The van der Waals surface area contributed by atoms with Crippen molar-refractivity contribution in [3.05, 3.63) is 203 Å². The molecular weight excluding hydrogens is 1740 g/mol. The minimum Gasteiger partial charge on any atom is -0.508 e. The SMILES string of the molecule is CCCC[C@H]1C(=O)N2CCC[C@@H]2C(=O)N[C@@H](CC(=O)O)C(=O)N[C@@H](C(C)C)C(=O)N(C)[C@@H](Cc2ccccc2)C(=O)N[C@@H](Cc2ccc(O)cc2)C(=O)N2CCC[C@@H]2C(=O)N[C@@H]([C@@H](C)c2c[nH]c3ccccc23)C(=O)N[C@@H](Cc2ccc(O)cc2)C(=O)N[C@@H](CC(C)C)C(=O)N[C@H](C(=O)NCC(N)=O)CSCC(=O)N[C@@H](Cc2ccccc2)C(=O)N(C)[C@@H](Cc2ccccc2)C(=O)N1C. The van der Waals surface area contributed by atoms with Gasteiger partial charge in [0.25, 0.3) is 0 Å². The summed E-state index contributed by atoms with van der Waals surface area (Å²) in [7, 11) is 4.11. The molecule has 0 aliphatic carbocycles. The lowest BCUT2D eigenvalue weighted by Gasteiger charge is -2.38. The van der Waals surface area contributed by atoms with Gasteiger partial charge in [-0.15, -0.1) is 11.8 Å². The van der Waals surface area contributed by atoms with Crippen molar-refractivity contribution in [3.63, 3.8) is 0 Å². The van der Waals surface area contributed by atoms with E-state index in [4.69, 9.17) is 5.73 Å². The van der Waals surface area contributed by atoms with Gasteiger partial charge in [0.15, 0.2) is 0 Å². The maximum Gasteiger partial charge on any atom is 0.305 e. The molecule has 7 aromatic rings. The number of hydrogen-bond donors (Lipinski definition) is 14. The van der Waals surface area contributed by atoms with E-state index >= 15 is 47.9 Å². The normalized spacial score (nSPS) is 23.7. The van der Waals surface area contributed by atoms with Gasteiger partial charge in [-0.2, -0.15) is 0 Å². The lowest BCUT2D eigenvalue weighted by molar-refractivity contribution is -0.152. The Morgan fingerprint density at radius 3 is 1.49 bits per heavy atom. The van der Waals surface area contributed by atoms with Crippen molar-refractivity contribution in [1.29, 1.82) is 0 Å². The number of benzene rings is 6. The zero-order valence-electron chi connectivity index (χ0n) is 76.9. The van der Waals surface area contributed by atoms with Gasteiger partial charge in [0, 0.05) is 95.1 Å². The summed E-state index contributed by atoms with van der Waals surface area (Å²) in [6.45, 7) is 9.48. The molecule has 3 saturated heterocycles. The average molecular weight is 1860 g/mol. The Balaban J connectivity index is 1.06. The number of carbonyl (C=O) groups is 16. The van der Waals surface area contributed by atoms with E-state index in [1.807, 2.05) is 6.92 Å². The maximum absolute atomic E-state index is 15.9. The molecular formula is C98H124N16O19S. The van der Waals surface area contributed by atoms with Gasteiger partial charge >= 0.3 is 5.97 Å². The number of fused-ring (bicyclic) bond motifs is 3. The number of para-hydroxylation sites is 1. The van der Waals surface area contributed by atoms with Gasteiger partial charge in [0.05, 0.1) is 18.7 Å². The fraction of sp³-hybridized carbons (Fsp3) is 0.449. The molecule has 3 aliphatic rings. The summed E-state index contributed by atoms with van der Waals surface area (Å²) in [6, 6.07) is 25.2. The molecule has 0 spiro atoms. The minimum absolute atomic E-state index is 0.0200. The zero-order valence-corrected chi connectivity index (χ0v) is 77.8. The lowest BCUT2D eigenvalue weighted by Crippen LogP contribution is -2.62. The van der Waals surface area contributed by atoms with E-state index in [-0.39, 0.29) is 107 Å². The number of phenolic OH excluding ortho intramolecular Hbond substituents is 2. The van der Waals surface area contributed by atoms with Gasteiger partial charge in [-0.3, -0.25) is 76.7 Å². The number of hydrogen-bond acceptors (Lipinski definition) is 19. The smallest absolute Gasteiger partial charge is 0.305 e. The predicted molar refractivity (Wildman–Crippen MR) is 501 cm³/mol. The second-order valence-electron chi connectivity index (χ2n) is 35.4. The van der Waals surface area contributed by atoms with E-state index in [1.54, 1.807) is 156 Å². The highest BCUT2D eigenvalue weighted by Gasteiger charge is 2.47. The molecule has 3 aliphatic heterocycles. The molecule has 6 aromatic carbocycles. The lowest BCUT2D eigenvalue weighted by atomic mass is 9.91. The van der Waals surface area contributed by atoms with Crippen molar-refractivity contribution in [2.24, 2.45) is 17.6 Å². The number of primary amides is 1. The van der Waals surface area contributed by atoms with Crippen molar-refractivity contribution in [2.45, 2.75) is 216 Å². The number of unbranched alkanes of at least 4 members (excludes halogenated alkanes) is 1. The van der Waals surface area contributed by atoms with Crippen LogP contribution in [0, 0.1) is 11.8 Å². The summed E-state index contributed by atoms with van der Waals surface area (Å²) in [5.74, 6) is -17.8. The first-order valence-electron chi connectivity index (χ1n) is 45.4. The van der Waals surface area contributed by atoms with Crippen LogP contribution in [0.15, 0.2) is 170 Å². The van der Waals surface area contributed by atoms with Crippen LogP contribution in [0.2, 0.25) is 0 Å². The number of H-pyrrole nitrogens is 1. The highest BCUT2D eigenvalue weighted by molar-refractivity contribution is 8.00. The standard InChI is InChI=1S/C98H124N16O19S/c1-10-11-33-78-97(132)114-45-24-34-76(114)90(125)104-72(52-83(119)120)89(124)108-84(58(4)5)98(133)111(8)79(50-61-27-17-13-18-28-61)92(127)106-74(49-64-38-42-66(116)43-39-64)95(130)113-44-23-35-77(113)91(126)109-85(59(6)68-53-100-69-32-22-21-31-67(68)69)93(128)105-71(47-63-36-40-65(115)41-37-63)88(123)103-70(46-57(2)3)87(122)107-75(86(121)101-54-81(99)117)55-134-56-82(118)102-73(48-60-25-15-12-16-26-60)94(129)112(9)80(96(131)110(78)7)51-62-29-19-14-20-30-62/h12-22,25-32,36-43,53,57-59,70-80,84-85,100,115-116H,10-11,23-24,33-35,44-52,54-56H2,1-9H3,(H2,99,117)(H,101,121)(H,102,118)(H,103,123)(H,104,125)(H,105,128)(H,106,127)(H,107,122)(H,108,124)(H,109,126)(H,119,120)/t59-,70-,71-,72-,73-,74-,75-,76+,77+,78-,79-,80-,84-,85-/m0/s1. The molecule has 3 fully saturated rings. The van der Waals surface area contributed by atoms with Gasteiger partial charge in [0.2, 0.25) is 88.6 Å². The number of aromatic amines is 1. The molecule has 14 atom stereocenters. The summed E-state index contributed by atoms with van der Waals surface area (Å²) in [5, 5.41) is 56.7. The molecule has 0 saturated carbocycles. The number of nitrogens with zero attached hydrogens (tertiary/aromatic N) is 5. The molecule has 1 aromatic heterocycles. The van der Waals surface area contributed by atoms with Gasteiger partial charge in [-0.05, 0) is 114 Å². The highest BCUT2D eigenvalue weighted by Crippen LogP contribution is 2.32. The fourth-order valence-electron chi connectivity index (χ4n) is 17.2. The molecule has 0 radical (unpaired) electrons. The summed E-state index contributed by atoms with van der Waals surface area (Å²) in [6.07, 6.45) is 1.06. The van der Waals surface area contributed by atoms with Crippen LogP contribution in [0.4, 0.5) is 0 Å². The summed E-state index contributed by atoms with van der Waals surface area (Å²) < 4.78 is 0. The van der Waals surface area contributed by atoms with Gasteiger partial charge < -0.3 is 98.4 Å². The number of phenols is 2. The maximum atomic E-state index is 15.9. The number of aromatic nitrogens is 1. The molecule has 134 heavy (non-hydrogen) atoms. The average Bonchev–Trinajstić information content (AvgIpc) is 1.61. The number of amides is 15. The monoisotopic (exact) mass is 1860 g/mol. The number of carboxylic acids is 1. The van der Waals surface area contributed by atoms with Crippen molar-refractivity contribution in [2.75, 3.05) is 52.3 Å². The third-order valence-electron chi connectivity index (χ3n) is 24.6. The van der Waals surface area contributed by atoms with E-state index in [1.165, 1.54) is 89.3 Å². The number of nitrogens with two attached hydrogens (primary N) is 1. The molecule has 15 amide bonds. The van der Waals surface area contributed by atoms with E-state index in [9.17, 15) is 44.1 Å². The van der Waals surface area contributed by atoms with Crippen LogP contribution in [-0.2, 0) is 109 Å². The van der Waals surface area contributed by atoms with E-state index in [0.717, 1.165) is 16.7 Å². The Morgan fingerprint density at radius 1 is 0.470 bits per heavy atom. The predicted octanol–water partition coefficient (Wildman–Crippen LogP) is 3.95. The summed E-state index contributed by atoms with van der Waals surface area (Å²) >= 11 is 0.840. The number of carbonyl (C=O) groups excluding carboxylic acids is 15. The number of thioether (sulfide) groups is 1. The van der Waals surface area contributed by atoms with Gasteiger partial charge in [0.1, 0.15) is 90.0 Å². The summed E-state index contributed by atoms with van der Waals surface area (Å²) in [4.78, 5) is 249. The van der Waals surface area contributed by atoms with E-state index < -0.39 is 204 Å². The second kappa shape index (κ2) is 48.6. The Bertz CT molecular complexity index is 5300. The number of aromatic hydroxyl groups is 2. The van der Waals surface area contributed by atoms with Gasteiger partial charge in [-0.1, -0.05) is 188 Å². The Labute approximate surface area is 783 Å². The molecule has 0 unspecified atom stereocenters. The van der Waals surface area contributed by atoms with Crippen LogP contribution in [0.25, 0.3) is 10.9 Å². The van der Waals surface area contributed by atoms with E-state index in [2.05, 4.69) is 52.8 Å². The Morgan fingerprint density at radius 2 is 0.933 bits per heavy atom. The number of carboxylic acid groups (broad SMARTS) is 1. The third-order valence-corrected chi connectivity index (χ3v) is 25.7. The summed E-state index contributed by atoms with van der Waals surface area (Å²) in [5.41, 5.74) is 9.26. The van der Waals surface area contributed by atoms with Crippen LogP contribution in [-0.4, -0.2) is 270 Å². The molecule has 716 valence electrons. The Hall–Kier alpha value is -13.7. The number of rotatable bonds is 23. The highest BCUT2D eigenvalue weighted by atomic mass is 32.2. The first-order valence-corrected chi connectivity index (χ1v) is 46.6. The molecule has 15 N–H and O–H groups in total. The van der Waals surface area contributed by atoms with Crippen LogP contribution in [0.3, 0.4) is 0 Å². The Kier molecular flexibility index (Phi) is 37.2. The van der Waals surface area contributed by atoms with Crippen molar-refractivity contribution >= 4 is 117 Å². The molecule has 35 nitrogen and oxygen atoms in total. The van der Waals surface area contributed by atoms with Crippen molar-refractivity contribution < 1.29 is 92.0 Å². The first kappa shape index (κ1) is 102. The molecule has 4 heterocycles. The zero-order chi connectivity index (χ0) is 97.1. The van der Waals surface area contributed by atoms with E-state index in [0.29, 0.717) is 57.1 Å². The molecule has 0 bridgehead atoms. The topological polar surface area (TPSA) is 500 Å². The minimum atomic E-state index is -1.89. The van der Waals surface area contributed by atoms with Crippen molar-refractivity contribution in [1.82, 2.24) is 77.3 Å². The van der Waals surface area contributed by atoms with Crippen LogP contribution in [0.1, 0.15) is 139 Å². The molecule has 10 rings (SSSR count). The quantitative estimate of drug-likeness (QED) is 0.0431. The number of likely N-dealkylation sites (N-methyl/N-ethyl adjacent to an activating group) is 3. The van der Waals surface area contributed by atoms with Crippen LogP contribution in [0.5, 0.6) is 11.5 Å². The van der Waals surface area contributed by atoms with Crippen LogP contribution >= 0.6 is 11.8 Å². The number of aliphatic carboxylic acids is 1. The van der Waals surface area contributed by atoms with Crippen molar-refractivity contribution in [3.8, 4) is 11.5 Å².